The van der Waals surface area contributed by atoms with Crippen molar-refractivity contribution in [3.63, 3.8) is 0 Å². The number of carbonyl (C=O) groups is 1. The molecule has 2 aromatic heterocycles. The first-order valence-electron chi connectivity index (χ1n) is 6.93. The lowest BCUT2D eigenvalue weighted by atomic mass is 10.1. The summed E-state index contributed by atoms with van der Waals surface area (Å²) in [5, 5.41) is 1.87. The summed E-state index contributed by atoms with van der Waals surface area (Å²) in [5.74, 6) is 0.726. The Morgan fingerprint density at radius 2 is 1.95 bits per heavy atom. The second-order valence-corrected chi connectivity index (χ2v) is 5.14. The van der Waals surface area contributed by atoms with E-state index in [1.807, 2.05) is 42.5 Å². The summed E-state index contributed by atoms with van der Waals surface area (Å²) in [6, 6.07) is 14.8. The average molecular weight is 291 g/mol. The van der Waals surface area contributed by atoms with E-state index in [1.54, 1.807) is 19.4 Å². The van der Waals surface area contributed by atoms with E-state index >= 15 is 0 Å². The highest BCUT2D eigenvalue weighted by molar-refractivity contribution is 6.11. The molecule has 0 saturated carbocycles. The van der Waals surface area contributed by atoms with Gasteiger partial charge in [-0.1, -0.05) is 0 Å². The van der Waals surface area contributed by atoms with Crippen LogP contribution in [0.25, 0.3) is 21.9 Å². The van der Waals surface area contributed by atoms with Gasteiger partial charge in [0.1, 0.15) is 11.3 Å². The Balaban J connectivity index is 1.77. The molecule has 0 fully saturated rings. The van der Waals surface area contributed by atoms with Gasteiger partial charge in [-0.15, -0.1) is 0 Å². The number of aromatic nitrogens is 1. The minimum atomic E-state index is -0.0433. The maximum atomic E-state index is 12.6. The zero-order valence-corrected chi connectivity index (χ0v) is 11.9. The highest BCUT2D eigenvalue weighted by atomic mass is 16.5. The molecule has 0 atom stereocenters. The third-order valence-electron chi connectivity index (χ3n) is 3.79. The molecule has 0 aliphatic rings. The summed E-state index contributed by atoms with van der Waals surface area (Å²) in [5.41, 5.74) is 2.88. The van der Waals surface area contributed by atoms with Crippen LogP contribution in [0.15, 0.2) is 59.2 Å². The number of hydrogen-bond acceptors (Lipinski definition) is 3. The number of furan rings is 1. The number of ketones is 1. The lowest BCUT2D eigenvalue weighted by Gasteiger charge is -1.98. The average Bonchev–Trinajstić information content (AvgIpc) is 3.18. The molecular formula is C18H13NO3. The van der Waals surface area contributed by atoms with E-state index in [1.165, 1.54) is 0 Å². The molecule has 4 nitrogen and oxygen atoms in total. The fraction of sp³-hybridized carbons (Fsp3) is 0.0556. The van der Waals surface area contributed by atoms with Crippen LogP contribution in [0, 0.1) is 0 Å². The van der Waals surface area contributed by atoms with Gasteiger partial charge in [0.15, 0.2) is 0 Å². The molecule has 2 heterocycles. The molecule has 0 amide bonds. The minimum absolute atomic E-state index is 0.0433. The topological polar surface area (TPSA) is 55.2 Å². The van der Waals surface area contributed by atoms with E-state index in [2.05, 4.69) is 4.98 Å². The van der Waals surface area contributed by atoms with Crippen LogP contribution in [0.5, 0.6) is 5.75 Å². The quantitative estimate of drug-likeness (QED) is 0.577. The molecule has 1 N–H and O–H groups in total. The monoisotopic (exact) mass is 291 g/mol. The molecule has 0 radical (unpaired) electrons. The molecule has 0 saturated heterocycles. The number of fused-ring (bicyclic) bond motifs is 2. The number of methoxy groups -OCH3 is 1. The zero-order valence-electron chi connectivity index (χ0n) is 11.9. The second kappa shape index (κ2) is 4.77. The molecule has 22 heavy (non-hydrogen) atoms. The van der Waals surface area contributed by atoms with Crippen molar-refractivity contribution in [3.8, 4) is 5.75 Å². The SMILES string of the molecule is COc1ccc2[nH]c(C(=O)c3ccc4occc4c3)cc2c1. The van der Waals surface area contributed by atoms with Gasteiger partial charge in [-0.3, -0.25) is 4.79 Å². The van der Waals surface area contributed by atoms with E-state index < -0.39 is 0 Å². The van der Waals surface area contributed by atoms with Crippen LogP contribution in [0.1, 0.15) is 16.1 Å². The van der Waals surface area contributed by atoms with Crippen molar-refractivity contribution in [2.75, 3.05) is 7.11 Å². The van der Waals surface area contributed by atoms with Crippen LogP contribution < -0.4 is 4.74 Å². The summed E-state index contributed by atoms with van der Waals surface area (Å²) >= 11 is 0. The van der Waals surface area contributed by atoms with Gasteiger partial charge in [-0.25, -0.2) is 0 Å². The number of nitrogens with one attached hydrogen (secondary N) is 1. The molecule has 0 aliphatic carbocycles. The number of ether oxygens (including phenoxy) is 1. The Bertz CT molecular complexity index is 994. The first kappa shape index (κ1) is 12.7. The van der Waals surface area contributed by atoms with Crippen LogP contribution in [-0.4, -0.2) is 17.9 Å². The van der Waals surface area contributed by atoms with Crippen molar-refractivity contribution in [2.45, 2.75) is 0 Å². The van der Waals surface area contributed by atoms with Crippen LogP contribution in [0.2, 0.25) is 0 Å². The van der Waals surface area contributed by atoms with Crippen LogP contribution in [-0.2, 0) is 0 Å². The Labute approximate surface area is 126 Å². The number of benzene rings is 2. The summed E-state index contributed by atoms with van der Waals surface area (Å²) in [7, 11) is 1.63. The molecule has 0 bridgehead atoms. The highest BCUT2D eigenvalue weighted by Gasteiger charge is 2.13. The lowest BCUT2D eigenvalue weighted by molar-refractivity contribution is 0.103. The summed E-state index contributed by atoms with van der Waals surface area (Å²) in [6.07, 6.45) is 1.62. The van der Waals surface area contributed by atoms with Gasteiger partial charge < -0.3 is 14.1 Å². The van der Waals surface area contributed by atoms with E-state index in [0.29, 0.717) is 11.3 Å². The van der Waals surface area contributed by atoms with Crippen molar-refractivity contribution in [2.24, 2.45) is 0 Å². The van der Waals surface area contributed by atoms with Crippen molar-refractivity contribution >= 4 is 27.7 Å². The predicted molar refractivity (Wildman–Crippen MR) is 84.5 cm³/mol. The van der Waals surface area contributed by atoms with E-state index in [9.17, 15) is 4.79 Å². The number of rotatable bonds is 3. The normalized spacial score (nSPS) is 11.1. The smallest absolute Gasteiger partial charge is 0.209 e. The van der Waals surface area contributed by atoms with Crippen LogP contribution in [0.3, 0.4) is 0 Å². The fourth-order valence-electron chi connectivity index (χ4n) is 2.62. The third-order valence-corrected chi connectivity index (χ3v) is 3.79. The largest absolute Gasteiger partial charge is 0.497 e. The van der Waals surface area contributed by atoms with Gasteiger partial charge in [0, 0.05) is 21.9 Å². The second-order valence-electron chi connectivity index (χ2n) is 5.14. The first-order chi connectivity index (χ1) is 10.7. The standard InChI is InChI=1S/C18H13NO3/c1-21-14-3-4-15-13(9-14)10-16(19-15)18(20)12-2-5-17-11(8-12)6-7-22-17/h2-10,19H,1H3. The molecule has 0 spiro atoms. The molecule has 4 aromatic rings. The maximum absolute atomic E-state index is 12.6. The highest BCUT2D eigenvalue weighted by Crippen LogP contribution is 2.24. The van der Waals surface area contributed by atoms with Crippen molar-refractivity contribution in [3.05, 3.63) is 66.1 Å². The molecule has 108 valence electrons. The van der Waals surface area contributed by atoms with E-state index in [0.717, 1.165) is 27.6 Å². The van der Waals surface area contributed by atoms with Gasteiger partial charge in [0.2, 0.25) is 5.78 Å². The Kier molecular flexibility index (Phi) is 2.76. The minimum Gasteiger partial charge on any atom is -0.497 e. The van der Waals surface area contributed by atoms with Gasteiger partial charge in [-0.05, 0) is 48.5 Å². The fourth-order valence-corrected chi connectivity index (χ4v) is 2.62. The summed E-state index contributed by atoms with van der Waals surface area (Å²) in [4.78, 5) is 15.8. The van der Waals surface area contributed by atoms with Crippen LogP contribution >= 0.6 is 0 Å². The zero-order chi connectivity index (χ0) is 15.1. The van der Waals surface area contributed by atoms with Crippen LogP contribution in [0.4, 0.5) is 0 Å². The van der Waals surface area contributed by atoms with Gasteiger partial charge in [-0.2, -0.15) is 0 Å². The molecule has 2 aromatic carbocycles. The maximum Gasteiger partial charge on any atom is 0.209 e. The Morgan fingerprint density at radius 3 is 2.82 bits per heavy atom. The van der Waals surface area contributed by atoms with E-state index in [4.69, 9.17) is 9.15 Å². The summed E-state index contributed by atoms with van der Waals surface area (Å²) in [6.45, 7) is 0. The molecule has 0 aliphatic heterocycles. The van der Waals surface area contributed by atoms with Gasteiger partial charge in [0.05, 0.1) is 19.1 Å². The number of H-pyrrole nitrogens is 1. The van der Waals surface area contributed by atoms with Gasteiger partial charge >= 0.3 is 0 Å². The summed E-state index contributed by atoms with van der Waals surface area (Å²) < 4.78 is 10.5. The van der Waals surface area contributed by atoms with Crippen molar-refractivity contribution in [1.29, 1.82) is 0 Å². The molecule has 4 heteroatoms. The number of carbonyl (C=O) groups excluding carboxylic acids is 1. The molecule has 4 rings (SSSR count). The van der Waals surface area contributed by atoms with Crippen molar-refractivity contribution in [1.82, 2.24) is 4.98 Å². The number of aromatic amines is 1. The third kappa shape index (κ3) is 1.97. The van der Waals surface area contributed by atoms with E-state index in [-0.39, 0.29) is 5.78 Å². The predicted octanol–water partition coefficient (Wildman–Crippen LogP) is 4.15. The Hall–Kier alpha value is -3.01. The first-order valence-corrected chi connectivity index (χ1v) is 6.93. The lowest BCUT2D eigenvalue weighted by Crippen LogP contribution is -2.00. The number of hydrogen-bond donors (Lipinski definition) is 1. The van der Waals surface area contributed by atoms with Gasteiger partial charge in [0.25, 0.3) is 0 Å². The molecule has 0 unspecified atom stereocenters. The molecular weight excluding hydrogens is 278 g/mol. The van der Waals surface area contributed by atoms with Crippen molar-refractivity contribution < 1.29 is 13.9 Å². The Morgan fingerprint density at radius 1 is 1.05 bits per heavy atom.